The number of rotatable bonds is 4. The number of fused-ring (bicyclic) bond motifs is 5. The van der Waals surface area contributed by atoms with Gasteiger partial charge >= 0.3 is 0 Å². The lowest BCUT2D eigenvalue weighted by molar-refractivity contribution is 0.419. The molecule has 2 aromatic heterocycles. The third kappa shape index (κ3) is 4.53. The maximum absolute atomic E-state index is 10.4. The first kappa shape index (κ1) is 28.7. The van der Waals surface area contributed by atoms with E-state index >= 15 is 0 Å². The van der Waals surface area contributed by atoms with Crippen LogP contribution in [0.4, 0.5) is 0 Å². The average Bonchev–Trinajstić information content (AvgIpc) is 3.49. The van der Waals surface area contributed by atoms with Crippen molar-refractivity contribution in [3.05, 3.63) is 162 Å². The van der Waals surface area contributed by atoms with E-state index in [4.69, 9.17) is 14.7 Å². The highest BCUT2D eigenvalue weighted by Crippen LogP contribution is 2.52. The molecule has 0 unspecified atom stereocenters. The Hall–Kier alpha value is -6.51. The van der Waals surface area contributed by atoms with Gasteiger partial charge in [0.1, 0.15) is 11.5 Å². The van der Waals surface area contributed by atoms with Crippen molar-refractivity contribution in [2.24, 2.45) is 0 Å². The molecule has 1 aliphatic heterocycles. The van der Waals surface area contributed by atoms with E-state index in [1.807, 2.05) is 66.7 Å². The maximum atomic E-state index is 10.4. The predicted octanol–water partition coefficient (Wildman–Crippen LogP) is 10.9. The molecule has 0 atom stereocenters. The molecule has 0 radical (unpaired) electrons. The fourth-order valence-electron chi connectivity index (χ4n) is 7.28. The van der Waals surface area contributed by atoms with Crippen molar-refractivity contribution in [3.63, 3.8) is 0 Å². The Bertz CT molecular complexity index is 2560. The SMILES string of the molecule is CC1(C)c2ccccc2Oc2c1ccc(C#N)c2-c1cc(-c2ccc(-n3c4ccccc4c4ccccc43)cc2)nc(-c2ccccc2)n1. The smallest absolute Gasteiger partial charge is 0.160 e. The third-order valence-corrected chi connectivity index (χ3v) is 9.74. The molecule has 0 saturated carbocycles. The van der Waals surface area contributed by atoms with E-state index in [9.17, 15) is 5.26 Å². The second-order valence-corrected chi connectivity index (χ2v) is 12.9. The highest BCUT2D eigenvalue weighted by atomic mass is 16.5. The molecule has 0 aliphatic carbocycles. The van der Waals surface area contributed by atoms with E-state index in [2.05, 4.69) is 103 Å². The van der Waals surface area contributed by atoms with Gasteiger partial charge in [0, 0.05) is 44.1 Å². The molecule has 0 bridgehead atoms. The number of para-hydroxylation sites is 3. The maximum Gasteiger partial charge on any atom is 0.160 e. The van der Waals surface area contributed by atoms with Gasteiger partial charge in [-0.25, -0.2) is 9.97 Å². The van der Waals surface area contributed by atoms with Gasteiger partial charge in [-0.2, -0.15) is 5.26 Å². The minimum absolute atomic E-state index is 0.340. The van der Waals surface area contributed by atoms with Crippen molar-refractivity contribution in [2.75, 3.05) is 0 Å². The van der Waals surface area contributed by atoms with Gasteiger partial charge in [0.25, 0.3) is 0 Å². The van der Waals surface area contributed by atoms with Crippen LogP contribution >= 0.6 is 0 Å². The number of hydrogen-bond donors (Lipinski definition) is 0. The van der Waals surface area contributed by atoms with Gasteiger partial charge in [0.05, 0.1) is 39.6 Å². The largest absolute Gasteiger partial charge is 0.456 e. The van der Waals surface area contributed by atoms with E-state index in [0.29, 0.717) is 28.4 Å². The summed E-state index contributed by atoms with van der Waals surface area (Å²) in [5.41, 5.74) is 9.57. The summed E-state index contributed by atoms with van der Waals surface area (Å²) >= 11 is 0. The summed E-state index contributed by atoms with van der Waals surface area (Å²) in [7, 11) is 0. The number of aromatic nitrogens is 3. The summed E-state index contributed by atoms with van der Waals surface area (Å²) in [6, 6.07) is 51.9. The summed E-state index contributed by atoms with van der Waals surface area (Å²) in [5.74, 6) is 2.03. The van der Waals surface area contributed by atoms with Gasteiger partial charge < -0.3 is 9.30 Å². The van der Waals surface area contributed by atoms with Crippen LogP contribution in [0, 0.1) is 11.3 Å². The molecule has 8 aromatic rings. The van der Waals surface area contributed by atoms with Gasteiger partial charge in [-0.05, 0) is 42.5 Å². The summed E-state index contributed by atoms with van der Waals surface area (Å²) < 4.78 is 8.95. The van der Waals surface area contributed by atoms with Crippen molar-refractivity contribution in [2.45, 2.75) is 19.3 Å². The van der Waals surface area contributed by atoms with Crippen LogP contribution in [-0.4, -0.2) is 14.5 Å². The van der Waals surface area contributed by atoms with Crippen molar-refractivity contribution >= 4 is 21.8 Å². The molecular weight excluding hydrogens is 601 g/mol. The summed E-state index contributed by atoms with van der Waals surface area (Å²) in [6.07, 6.45) is 0. The van der Waals surface area contributed by atoms with Crippen LogP contribution in [0.3, 0.4) is 0 Å². The first-order valence-electron chi connectivity index (χ1n) is 16.4. The average molecular weight is 631 g/mol. The molecule has 0 saturated heterocycles. The zero-order chi connectivity index (χ0) is 33.1. The fraction of sp³-hybridized carbons (Fsp3) is 0.0682. The zero-order valence-electron chi connectivity index (χ0n) is 27.1. The van der Waals surface area contributed by atoms with Crippen molar-refractivity contribution in [3.8, 4) is 57.2 Å². The van der Waals surface area contributed by atoms with Gasteiger partial charge in [0.15, 0.2) is 5.82 Å². The Balaban J connectivity index is 1.23. The molecule has 5 heteroatoms. The molecule has 5 nitrogen and oxygen atoms in total. The van der Waals surface area contributed by atoms with E-state index in [1.54, 1.807) is 0 Å². The monoisotopic (exact) mass is 630 g/mol. The van der Waals surface area contributed by atoms with Crippen LogP contribution in [0.1, 0.15) is 30.5 Å². The van der Waals surface area contributed by atoms with Gasteiger partial charge in [0.2, 0.25) is 0 Å². The normalized spacial score (nSPS) is 13.0. The second kappa shape index (κ2) is 11.0. The molecule has 1 aliphatic rings. The quantitative estimate of drug-likeness (QED) is 0.194. The fourth-order valence-corrected chi connectivity index (χ4v) is 7.28. The Morgan fingerprint density at radius 1 is 0.612 bits per heavy atom. The lowest BCUT2D eigenvalue weighted by atomic mass is 9.74. The lowest BCUT2D eigenvalue weighted by Crippen LogP contribution is -2.24. The predicted molar refractivity (Wildman–Crippen MR) is 196 cm³/mol. The topological polar surface area (TPSA) is 63.7 Å². The Morgan fingerprint density at radius 3 is 1.96 bits per heavy atom. The minimum atomic E-state index is -0.340. The van der Waals surface area contributed by atoms with E-state index in [0.717, 1.165) is 50.4 Å². The van der Waals surface area contributed by atoms with Crippen molar-refractivity contribution < 1.29 is 4.74 Å². The second-order valence-electron chi connectivity index (χ2n) is 12.9. The Labute approximate surface area is 284 Å². The number of benzene rings is 6. The van der Waals surface area contributed by atoms with Crippen LogP contribution in [0.2, 0.25) is 0 Å². The number of nitrogens with zero attached hydrogens (tertiary/aromatic N) is 4. The Kier molecular flexibility index (Phi) is 6.47. The van der Waals surface area contributed by atoms with Gasteiger partial charge in [-0.3, -0.25) is 0 Å². The minimum Gasteiger partial charge on any atom is -0.456 e. The van der Waals surface area contributed by atoms with Crippen LogP contribution in [0.15, 0.2) is 146 Å². The van der Waals surface area contributed by atoms with E-state index in [1.165, 1.54) is 10.8 Å². The molecule has 0 N–H and O–H groups in total. The molecular formula is C44H30N4O. The summed E-state index contributed by atoms with van der Waals surface area (Å²) in [6.45, 7) is 4.39. The molecule has 3 heterocycles. The molecule has 0 spiro atoms. The summed E-state index contributed by atoms with van der Waals surface area (Å²) in [5, 5.41) is 12.8. The molecule has 49 heavy (non-hydrogen) atoms. The van der Waals surface area contributed by atoms with Crippen LogP contribution in [0.25, 0.3) is 61.4 Å². The van der Waals surface area contributed by atoms with Gasteiger partial charge in [-0.15, -0.1) is 0 Å². The highest BCUT2D eigenvalue weighted by Gasteiger charge is 2.36. The van der Waals surface area contributed by atoms with Crippen molar-refractivity contribution in [1.82, 2.24) is 14.5 Å². The number of nitriles is 1. The van der Waals surface area contributed by atoms with Crippen molar-refractivity contribution in [1.29, 1.82) is 5.26 Å². The van der Waals surface area contributed by atoms with E-state index < -0.39 is 0 Å². The molecule has 0 amide bonds. The first-order valence-corrected chi connectivity index (χ1v) is 16.4. The van der Waals surface area contributed by atoms with E-state index in [-0.39, 0.29) is 5.41 Å². The summed E-state index contributed by atoms with van der Waals surface area (Å²) in [4.78, 5) is 10.2. The standard InChI is InChI=1S/C44H30N4O/c1-44(2)34-16-8-11-19-40(34)49-42-35(44)25-22-30(27-45)41(42)37-26-36(46-43(47-37)29-12-4-3-5-13-29)28-20-23-31(24-21-28)48-38-17-9-6-14-32(38)33-15-7-10-18-39(33)48/h3-26H,1-2H3. The van der Waals surface area contributed by atoms with Gasteiger partial charge in [-0.1, -0.05) is 117 Å². The Morgan fingerprint density at radius 2 is 1.24 bits per heavy atom. The lowest BCUT2D eigenvalue weighted by Gasteiger charge is -2.35. The third-order valence-electron chi connectivity index (χ3n) is 9.74. The molecule has 9 rings (SSSR count). The van der Waals surface area contributed by atoms with Crippen LogP contribution < -0.4 is 4.74 Å². The number of ether oxygens (including phenoxy) is 1. The first-order chi connectivity index (χ1) is 24.0. The molecule has 232 valence electrons. The number of hydrogen-bond acceptors (Lipinski definition) is 4. The highest BCUT2D eigenvalue weighted by molar-refractivity contribution is 6.09. The molecule has 0 fully saturated rings. The van der Waals surface area contributed by atoms with Crippen LogP contribution in [0.5, 0.6) is 11.5 Å². The van der Waals surface area contributed by atoms with Crippen LogP contribution in [-0.2, 0) is 5.41 Å². The molecule has 6 aromatic carbocycles. The zero-order valence-corrected chi connectivity index (χ0v) is 27.1.